The minimum Gasteiger partial charge on any atom is -0.495 e. The summed E-state index contributed by atoms with van der Waals surface area (Å²) in [5.74, 6) is 0.341. The van der Waals surface area contributed by atoms with Crippen LogP contribution >= 0.6 is 11.3 Å². The Morgan fingerprint density at radius 3 is 2.69 bits per heavy atom. The number of pyridine rings is 1. The summed E-state index contributed by atoms with van der Waals surface area (Å²) in [6, 6.07) is 10.6. The first-order valence-corrected chi connectivity index (χ1v) is 10.2. The van der Waals surface area contributed by atoms with Gasteiger partial charge in [-0.25, -0.2) is 4.79 Å². The van der Waals surface area contributed by atoms with Gasteiger partial charge in [0.15, 0.2) is 0 Å². The lowest BCUT2D eigenvalue weighted by molar-refractivity contribution is -0.137. The summed E-state index contributed by atoms with van der Waals surface area (Å²) in [7, 11) is 1.44. The van der Waals surface area contributed by atoms with Gasteiger partial charge < -0.3 is 21.1 Å². The maximum Gasteiger partial charge on any atom is 0.416 e. The average molecular weight is 458 g/mol. The van der Waals surface area contributed by atoms with Crippen LogP contribution in [0.4, 0.5) is 35.0 Å². The van der Waals surface area contributed by atoms with Crippen LogP contribution in [0.2, 0.25) is 0 Å². The van der Waals surface area contributed by atoms with Crippen molar-refractivity contribution in [3.63, 3.8) is 0 Å². The molecule has 4 N–H and O–H groups in total. The number of methoxy groups -OCH3 is 1. The number of fused-ring (bicyclic) bond motifs is 1. The van der Waals surface area contributed by atoms with Crippen molar-refractivity contribution in [3.05, 3.63) is 65.7 Å². The van der Waals surface area contributed by atoms with Crippen molar-refractivity contribution >= 4 is 44.5 Å². The van der Waals surface area contributed by atoms with Gasteiger partial charge in [-0.2, -0.15) is 13.2 Å². The Balaban J connectivity index is 1.56. The van der Waals surface area contributed by atoms with E-state index >= 15 is 0 Å². The molecule has 4 aromatic rings. The van der Waals surface area contributed by atoms with Crippen molar-refractivity contribution in [1.29, 1.82) is 0 Å². The second kappa shape index (κ2) is 8.39. The van der Waals surface area contributed by atoms with Crippen molar-refractivity contribution < 1.29 is 22.7 Å². The molecule has 2 aromatic carbocycles. The fourth-order valence-corrected chi connectivity index (χ4v) is 3.96. The van der Waals surface area contributed by atoms with Gasteiger partial charge in [0.1, 0.15) is 5.75 Å². The highest BCUT2D eigenvalue weighted by atomic mass is 32.1. The number of alkyl halides is 3. The third-order valence-electron chi connectivity index (χ3n) is 4.72. The summed E-state index contributed by atoms with van der Waals surface area (Å²) in [6.45, 7) is 0. The first-order chi connectivity index (χ1) is 15.3. The Morgan fingerprint density at radius 2 is 1.94 bits per heavy atom. The minimum absolute atomic E-state index is 0.00829. The summed E-state index contributed by atoms with van der Waals surface area (Å²) in [6.07, 6.45) is -2.76. The molecule has 2 aromatic heterocycles. The van der Waals surface area contributed by atoms with Gasteiger partial charge in [0.05, 0.1) is 34.4 Å². The van der Waals surface area contributed by atoms with Gasteiger partial charge in [-0.15, -0.1) is 11.3 Å². The highest BCUT2D eigenvalue weighted by molar-refractivity contribution is 7.17. The molecule has 0 saturated heterocycles. The largest absolute Gasteiger partial charge is 0.495 e. The molecule has 0 saturated carbocycles. The monoisotopic (exact) mass is 458 g/mol. The smallest absolute Gasteiger partial charge is 0.416 e. The summed E-state index contributed by atoms with van der Waals surface area (Å²) < 4.78 is 45.0. The van der Waals surface area contributed by atoms with Crippen LogP contribution in [0.5, 0.6) is 5.75 Å². The number of aromatic nitrogens is 1. The molecule has 0 aliphatic carbocycles. The second-order valence-corrected chi connectivity index (χ2v) is 7.74. The number of nitrogens with zero attached hydrogens (tertiary/aromatic N) is 1. The van der Waals surface area contributed by atoms with Crippen LogP contribution in [0, 0.1) is 0 Å². The first kappa shape index (κ1) is 21.4. The topological polar surface area (TPSA) is 89.3 Å². The van der Waals surface area contributed by atoms with Crippen molar-refractivity contribution in [2.75, 3.05) is 23.5 Å². The molecule has 10 heteroatoms. The van der Waals surface area contributed by atoms with Gasteiger partial charge in [0.25, 0.3) is 0 Å². The van der Waals surface area contributed by atoms with Crippen LogP contribution in [0.3, 0.4) is 0 Å². The van der Waals surface area contributed by atoms with E-state index in [9.17, 15) is 18.0 Å². The summed E-state index contributed by atoms with van der Waals surface area (Å²) in [5, 5.41) is 7.81. The number of carbonyl (C=O) groups excluding carboxylic acids is 1. The van der Waals surface area contributed by atoms with Crippen LogP contribution in [0.25, 0.3) is 21.3 Å². The number of hydrogen-bond acceptors (Lipinski definition) is 5. The zero-order valence-electron chi connectivity index (χ0n) is 16.7. The standard InChI is InChI=1S/C22H17F3N4O2S/c1-31-17-9-12(20-19(26)15-7-8-32-18(15)11-27-20)5-6-16(17)29-21(30)28-14-4-2-3-13(10-14)22(23,24)25/h2-11H,26H2,1H3,(H2,28,29,30). The van der Waals surface area contributed by atoms with Crippen molar-refractivity contribution in [1.82, 2.24) is 4.98 Å². The summed E-state index contributed by atoms with van der Waals surface area (Å²) in [5.41, 5.74) is 7.56. The van der Waals surface area contributed by atoms with Gasteiger partial charge in [-0.05, 0) is 41.8 Å². The quantitative estimate of drug-likeness (QED) is 0.339. The molecule has 0 fully saturated rings. The van der Waals surface area contributed by atoms with Crippen LogP contribution in [0.15, 0.2) is 60.1 Å². The lowest BCUT2D eigenvalue weighted by atomic mass is 10.1. The van der Waals surface area contributed by atoms with E-state index < -0.39 is 17.8 Å². The van der Waals surface area contributed by atoms with E-state index in [4.69, 9.17) is 10.5 Å². The maximum atomic E-state index is 12.9. The molecular weight excluding hydrogens is 441 g/mol. The highest BCUT2D eigenvalue weighted by Gasteiger charge is 2.30. The van der Waals surface area contributed by atoms with Crippen LogP contribution < -0.4 is 21.1 Å². The number of rotatable bonds is 4. The van der Waals surface area contributed by atoms with Crippen LogP contribution in [-0.2, 0) is 6.18 Å². The van der Waals surface area contributed by atoms with Crippen LogP contribution in [-0.4, -0.2) is 18.1 Å². The Kier molecular flexibility index (Phi) is 5.62. The lowest BCUT2D eigenvalue weighted by Gasteiger charge is -2.14. The molecule has 0 aliphatic rings. The van der Waals surface area contributed by atoms with E-state index in [0.29, 0.717) is 28.4 Å². The minimum atomic E-state index is -4.50. The van der Waals surface area contributed by atoms with E-state index in [0.717, 1.165) is 22.2 Å². The molecule has 6 nitrogen and oxygen atoms in total. The van der Waals surface area contributed by atoms with E-state index in [1.54, 1.807) is 35.7 Å². The number of urea groups is 1. The van der Waals surface area contributed by atoms with Gasteiger partial charge in [-0.1, -0.05) is 12.1 Å². The van der Waals surface area contributed by atoms with Gasteiger partial charge >= 0.3 is 12.2 Å². The number of nitrogens with two attached hydrogens (primary N) is 1. The molecular formula is C22H17F3N4O2S. The molecule has 0 bridgehead atoms. The molecule has 164 valence electrons. The third kappa shape index (κ3) is 4.30. The predicted octanol–water partition coefficient (Wildman–Crippen LogP) is 6.22. The number of halogens is 3. The van der Waals surface area contributed by atoms with Gasteiger partial charge in [-0.3, -0.25) is 4.98 Å². The van der Waals surface area contributed by atoms with E-state index in [2.05, 4.69) is 15.6 Å². The normalized spacial score (nSPS) is 11.4. The molecule has 0 unspecified atom stereocenters. The zero-order chi connectivity index (χ0) is 22.9. The fourth-order valence-electron chi connectivity index (χ4n) is 3.19. The number of nitrogens with one attached hydrogen (secondary N) is 2. The van der Waals surface area contributed by atoms with Crippen molar-refractivity contribution in [2.45, 2.75) is 6.18 Å². The highest BCUT2D eigenvalue weighted by Crippen LogP contribution is 2.36. The van der Waals surface area contributed by atoms with E-state index in [1.807, 2.05) is 11.4 Å². The van der Waals surface area contributed by atoms with E-state index in [-0.39, 0.29) is 5.69 Å². The Hall–Kier alpha value is -3.79. The van der Waals surface area contributed by atoms with E-state index in [1.165, 1.54) is 19.2 Å². The van der Waals surface area contributed by atoms with Gasteiger partial charge in [0.2, 0.25) is 0 Å². The molecule has 0 spiro atoms. The average Bonchev–Trinajstić information content (AvgIpc) is 3.24. The number of ether oxygens (including phenoxy) is 1. The van der Waals surface area contributed by atoms with Crippen LogP contribution in [0.1, 0.15) is 5.56 Å². The Morgan fingerprint density at radius 1 is 1.12 bits per heavy atom. The third-order valence-corrected chi connectivity index (χ3v) is 5.57. The predicted molar refractivity (Wildman–Crippen MR) is 120 cm³/mol. The number of hydrogen-bond donors (Lipinski definition) is 3. The number of anilines is 3. The maximum absolute atomic E-state index is 12.9. The number of amides is 2. The molecule has 32 heavy (non-hydrogen) atoms. The number of benzene rings is 2. The SMILES string of the molecule is COc1cc(-c2ncc3sccc3c2N)ccc1NC(=O)Nc1cccc(C(F)(F)F)c1. The Labute approximate surface area is 184 Å². The second-order valence-electron chi connectivity index (χ2n) is 6.79. The Bertz CT molecular complexity index is 1300. The summed E-state index contributed by atoms with van der Waals surface area (Å²) in [4.78, 5) is 16.8. The van der Waals surface area contributed by atoms with Crippen molar-refractivity contribution in [3.8, 4) is 17.0 Å². The summed E-state index contributed by atoms with van der Waals surface area (Å²) >= 11 is 1.54. The first-order valence-electron chi connectivity index (χ1n) is 9.31. The molecule has 0 atom stereocenters. The van der Waals surface area contributed by atoms with Crippen molar-refractivity contribution in [2.24, 2.45) is 0 Å². The number of carbonyl (C=O) groups is 1. The molecule has 0 aliphatic heterocycles. The fraction of sp³-hybridized carbons (Fsp3) is 0.0909. The lowest BCUT2D eigenvalue weighted by Crippen LogP contribution is -2.20. The zero-order valence-corrected chi connectivity index (χ0v) is 17.5. The molecule has 2 amide bonds. The number of nitrogen functional groups attached to an aromatic ring is 1. The number of thiophene rings is 1. The molecule has 2 heterocycles. The molecule has 0 radical (unpaired) electrons. The molecule has 4 rings (SSSR count). The van der Waals surface area contributed by atoms with Gasteiger partial charge in [0, 0.05) is 22.8 Å².